The van der Waals surface area contributed by atoms with Crippen LogP contribution in [0.3, 0.4) is 0 Å². The minimum absolute atomic E-state index is 0.557. The number of rotatable bonds is 2. The van der Waals surface area contributed by atoms with Gasteiger partial charge in [0.25, 0.3) is 0 Å². The smallest absolute Gasteiger partial charge is 0.0423 e. The molecule has 0 heterocycles. The van der Waals surface area contributed by atoms with Crippen molar-refractivity contribution in [2.75, 3.05) is 0 Å². The van der Waals surface area contributed by atoms with E-state index in [-0.39, 0.29) is 0 Å². The highest BCUT2D eigenvalue weighted by molar-refractivity contribution is 9.09. The minimum Gasteiger partial charge on any atom is -0.0836 e. The van der Waals surface area contributed by atoms with Crippen molar-refractivity contribution in [3.63, 3.8) is 0 Å². The molecule has 1 fully saturated rings. The molecule has 2 rings (SSSR count). The Morgan fingerprint density at radius 1 is 0.941 bits per heavy atom. The molecule has 94 valence electrons. The van der Waals surface area contributed by atoms with Gasteiger partial charge in [-0.2, -0.15) is 0 Å². The van der Waals surface area contributed by atoms with Crippen molar-refractivity contribution in [3.05, 3.63) is 35.4 Å². The van der Waals surface area contributed by atoms with Crippen LogP contribution in [0.15, 0.2) is 24.3 Å². The van der Waals surface area contributed by atoms with E-state index in [1.165, 1.54) is 56.1 Å². The van der Waals surface area contributed by atoms with Crippen LogP contribution in [0.1, 0.15) is 60.9 Å². The summed E-state index contributed by atoms with van der Waals surface area (Å²) in [5.74, 6) is 0.831. The summed E-state index contributed by atoms with van der Waals surface area (Å²) < 4.78 is 0. The Labute approximate surface area is 114 Å². The zero-order valence-corrected chi connectivity index (χ0v) is 12.4. The number of alkyl halides is 1. The van der Waals surface area contributed by atoms with Gasteiger partial charge in [0.05, 0.1) is 0 Å². The fourth-order valence-electron chi connectivity index (χ4n) is 2.80. The third-order valence-corrected chi connectivity index (χ3v) is 5.24. The number of aryl methyl sites for hydroxylation is 1. The number of halogens is 1. The van der Waals surface area contributed by atoms with Gasteiger partial charge in [-0.3, -0.25) is 0 Å². The van der Waals surface area contributed by atoms with Crippen LogP contribution in [-0.2, 0) is 0 Å². The first-order valence-electron chi connectivity index (χ1n) is 6.98. The molecule has 0 amide bonds. The molecule has 1 aliphatic carbocycles. The molecule has 0 aromatic heterocycles. The summed E-state index contributed by atoms with van der Waals surface area (Å²) in [7, 11) is 0. The van der Waals surface area contributed by atoms with Crippen LogP contribution in [0.4, 0.5) is 0 Å². The van der Waals surface area contributed by atoms with Crippen molar-refractivity contribution < 1.29 is 0 Å². The number of benzene rings is 1. The molecule has 0 N–H and O–H groups in total. The molecule has 1 aliphatic rings. The van der Waals surface area contributed by atoms with Crippen LogP contribution in [-0.4, -0.2) is 0 Å². The number of hydrogen-bond acceptors (Lipinski definition) is 0. The SMILES string of the molecule is Cc1ccc(C(Br)C2CCCCCCC2)cc1. The van der Waals surface area contributed by atoms with Crippen LogP contribution >= 0.6 is 15.9 Å². The average Bonchev–Trinajstić information content (AvgIpc) is 2.29. The van der Waals surface area contributed by atoms with Gasteiger partial charge in [-0.05, 0) is 31.2 Å². The molecule has 0 radical (unpaired) electrons. The first-order valence-corrected chi connectivity index (χ1v) is 7.89. The summed E-state index contributed by atoms with van der Waals surface area (Å²) in [5, 5.41) is 0. The molecule has 17 heavy (non-hydrogen) atoms. The van der Waals surface area contributed by atoms with E-state index in [4.69, 9.17) is 0 Å². The lowest BCUT2D eigenvalue weighted by Gasteiger charge is -2.25. The quantitative estimate of drug-likeness (QED) is 0.606. The standard InChI is InChI=1S/C16H23Br/c1-13-9-11-15(12-10-13)16(17)14-7-5-3-2-4-6-8-14/h9-12,14,16H,2-8H2,1H3. The van der Waals surface area contributed by atoms with Crippen LogP contribution in [0.2, 0.25) is 0 Å². The Morgan fingerprint density at radius 2 is 1.47 bits per heavy atom. The van der Waals surface area contributed by atoms with Crippen LogP contribution in [0, 0.1) is 12.8 Å². The molecule has 1 atom stereocenters. The predicted molar refractivity (Wildman–Crippen MR) is 78.7 cm³/mol. The lowest BCUT2D eigenvalue weighted by atomic mass is 9.86. The summed E-state index contributed by atoms with van der Waals surface area (Å²) in [5.41, 5.74) is 2.81. The molecule has 0 nitrogen and oxygen atoms in total. The number of hydrogen-bond donors (Lipinski definition) is 0. The van der Waals surface area contributed by atoms with Gasteiger partial charge < -0.3 is 0 Å². The van der Waals surface area contributed by atoms with E-state index in [1.54, 1.807) is 0 Å². The largest absolute Gasteiger partial charge is 0.0836 e. The molecule has 1 aromatic carbocycles. The van der Waals surface area contributed by atoms with E-state index in [2.05, 4.69) is 47.1 Å². The van der Waals surface area contributed by atoms with Gasteiger partial charge in [0.15, 0.2) is 0 Å². The topological polar surface area (TPSA) is 0 Å². The minimum atomic E-state index is 0.557. The van der Waals surface area contributed by atoms with Gasteiger partial charge in [0.2, 0.25) is 0 Å². The Balaban J connectivity index is 2.01. The molecule has 0 bridgehead atoms. The van der Waals surface area contributed by atoms with Crippen molar-refractivity contribution in [1.82, 2.24) is 0 Å². The fourth-order valence-corrected chi connectivity index (χ4v) is 3.64. The predicted octanol–water partition coefficient (Wildman–Crippen LogP) is 5.79. The summed E-state index contributed by atoms with van der Waals surface area (Å²) in [4.78, 5) is 0.557. The molecule has 1 heteroatoms. The Bertz CT molecular complexity index is 320. The Morgan fingerprint density at radius 3 is 2.06 bits per heavy atom. The maximum atomic E-state index is 3.93. The molecular weight excluding hydrogens is 272 g/mol. The molecule has 1 saturated carbocycles. The van der Waals surface area contributed by atoms with Gasteiger partial charge in [-0.1, -0.05) is 77.9 Å². The van der Waals surface area contributed by atoms with E-state index >= 15 is 0 Å². The van der Waals surface area contributed by atoms with Crippen LogP contribution in [0.25, 0.3) is 0 Å². The summed E-state index contributed by atoms with van der Waals surface area (Å²) in [6.45, 7) is 2.16. The van der Waals surface area contributed by atoms with Crippen molar-refractivity contribution in [1.29, 1.82) is 0 Å². The lowest BCUT2D eigenvalue weighted by Crippen LogP contribution is -2.10. The molecule has 0 aliphatic heterocycles. The maximum absolute atomic E-state index is 3.93. The van der Waals surface area contributed by atoms with Gasteiger partial charge in [-0.25, -0.2) is 0 Å². The molecule has 0 saturated heterocycles. The Kier molecular flexibility index (Phi) is 5.09. The van der Waals surface area contributed by atoms with Crippen molar-refractivity contribution in [2.24, 2.45) is 5.92 Å². The highest BCUT2D eigenvalue weighted by atomic mass is 79.9. The second-order valence-corrected chi connectivity index (χ2v) is 6.40. The first-order chi connectivity index (χ1) is 8.27. The summed E-state index contributed by atoms with van der Waals surface area (Å²) >= 11 is 3.93. The fraction of sp³-hybridized carbons (Fsp3) is 0.625. The van der Waals surface area contributed by atoms with Crippen LogP contribution < -0.4 is 0 Å². The third-order valence-electron chi connectivity index (χ3n) is 3.96. The molecule has 0 spiro atoms. The Hall–Kier alpha value is -0.300. The van der Waals surface area contributed by atoms with E-state index in [1.807, 2.05) is 0 Å². The van der Waals surface area contributed by atoms with Gasteiger partial charge in [-0.15, -0.1) is 0 Å². The monoisotopic (exact) mass is 294 g/mol. The molecule has 1 aromatic rings. The van der Waals surface area contributed by atoms with E-state index < -0.39 is 0 Å². The zero-order valence-electron chi connectivity index (χ0n) is 10.8. The molecule has 1 unspecified atom stereocenters. The summed E-state index contributed by atoms with van der Waals surface area (Å²) in [6.07, 6.45) is 9.93. The normalized spacial score (nSPS) is 20.6. The first kappa shape index (κ1) is 13.1. The zero-order chi connectivity index (χ0) is 12.1. The average molecular weight is 295 g/mol. The third kappa shape index (κ3) is 3.84. The van der Waals surface area contributed by atoms with E-state index in [9.17, 15) is 0 Å². The molecular formula is C16H23Br. The maximum Gasteiger partial charge on any atom is 0.0423 e. The van der Waals surface area contributed by atoms with Gasteiger partial charge in [0, 0.05) is 4.83 Å². The van der Waals surface area contributed by atoms with E-state index in [0.29, 0.717) is 4.83 Å². The van der Waals surface area contributed by atoms with Crippen molar-refractivity contribution >= 4 is 15.9 Å². The van der Waals surface area contributed by atoms with Crippen molar-refractivity contribution in [3.8, 4) is 0 Å². The van der Waals surface area contributed by atoms with Crippen molar-refractivity contribution in [2.45, 2.75) is 56.7 Å². The second-order valence-electron chi connectivity index (χ2n) is 5.42. The highest BCUT2D eigenvalue weighted by Gasteiger charge is 2.20. The summed E-state index contributed by atoms with van der Waals surface area (Å²) in [6, 6.07) is 9.03. The van der Waals surface area contributed by atoms with E-state index in [0.717, 1.165) is 5.92 Å². The van der Waals surface area contributed by atoms with Gasteiger partial charge >= 0.3 is 0 Å². The van der Waals surface area contributed by atoms with Crippen LogP contribution in [0.5, 0.6) is 0 Å². The lowest BCUT2D eigenvalue weighted by molar-refractivity contribution is 0.374. The van der Waals surface area contributed by atoms with Gasteiger partial charge in [0.1, 0.15) is 0 Å². The highest BCUT2D eigenvalue weighted by Crippen LogP contribution is 2.38. The second kappa shape index (κ2) is 6.58.